The van der Waals surface area contributed by atoms with Crippen LogP contribution in [0.15, 0.2) is 66.7 Å². The molecule has 0 bridgehead atoms. The fourth-order valence-electron chi connectivity index (χ4n) is 2.58. The lowest BCUT2D eigenvalue weighted by Crippen LogP contribution is -2.10. The van der Waals surface area contributed by atoms with Gasteiger partial charge in [-0.15, -0.1) is 0 Å². The van der Waals surface area contributed by atoms with Crippen molar-refractivity contribution in [2.75, 3.05) is 14.2 Å². The van der Waals surface area contributed by atoms with E-state index in [0.717, 1.165) is 11.1 Å². The molecule has 3 aromatic rings. The molecule has 0 radical (unpaired) electrons. The molecule has 0 saturated heterocycles. The molecule has 0 aromatic heterocycles. The summed E-state index contributed by atoms with van der Waals surface area (Å²) in [5, 5.41) is 8.87. The molecule has 3 aromatic carbocycles. The van der Waals surface area contributed by atoms with Crippen LogP contribution < -0.4 is 14.2 Å². The van der Waals surface area contributed by atoms with Gasteiger partial charge in [0.15, 0.2) is 0 Å². The van der Waals surface area contributed by atoms with Crippen molar-refractivity contribution in [3.8, 4) is 34.4 Å². The first kappa shape index (κ1) is 18.0. The summed E-state index contributed by atoms with van der Waals surface area (Å²) in [6.07, 6.45) is 0. The van der Waals surface area contributed by atoms with Crippen LogP contribution in [0.4, 0.5) is 0 Å². The van der Waals surface area contributed by atoms with Crippen molar-refractivity contribution in [2.45, 2.75) is 0 Å². The van der Waals surface area contributed by atoms with Gasteiger partial charge in [-0.3, -0.25) is 0 Å². The van der Waals surface area contributed by atoms with E-state index >= 15 is 0 Å². The fourth-order valence-corrected chi connectivity index (χ4v) is 2.58. The van der Waals surface area contributed by atoms with Gasteiger partial charge in [0.25, 0.3) is 0 Å². The Hall–Kier alpha value is -3.78. The molecule has 5 nitrogen and oxygen atoms in total. The van der Waals surface area contributed by atoms with E-state index in [1.54, 1.807) is 49.6 Å². The van der Waals surface area contributed by atoms with Gasteiger partial charge < -0.3 is 14.2 Å². The second-order valence-electron chi connectivity index (χ2n) is 5.67. The Morgan fingerprint density at radius 1 is 0.815 bits per heavy atom. The quantitative estimate of drug-likeness (QED) is 0.497. The molecule has 0 N–H and O–H groups in total. The highest BCUT2D eigenvalue weighted by molar-refractivity contribution is 5.94. The molecule has 27 heavy (non-hydrogen) atoms. The number of nitrogens with zero attached hydrogens (tertiary/aromatic N) is 1. The van der Waals surface area contributed by atoms with Crippen molar-refractivity contribution in [2.24, 2.45) is 0 Å². The van der Waals surface area contributed by atoms with Gasteiger partial charge in [0.05, 0.1) is 25.9 Å². The highest BCUT2D eigenvalue weighted by atomic mass is 16.5. The molecule has 0 saturated carbocycles. The van der Waals surface area contributed by atoms with E-state index in [9.17, 15) is 4.79 Å². The van der Waals surface area contributed by atoms with Crippen LogP contribution in [0.5, 0.6) is 17.2 Å². The molecule has 0 amide bonds. The normalized spacial score (nSPS) is 9.96. The maximum Gasteiger partial charge on any atom is 0.347 e. The first-order valence-electron chi connectivity index (χ1n) is 8.19. The van der Waals surface area contributed by atoms with Gasteiger partial charge in [-0.25, -0.2) is 4.79 Å². The van der Waals surface area contributed by atoms with Crippen LogP contribution in [0.2, 0.25) is 0 Å². The van der Waals surface area contributed by atoms with Crippen LogP contribution in [-0.4, -0.2) is 20.2 Å². The third kappa shape index (κ3) is 4.07. The van der Waals surface area contributed by atoms with Crippen LogP contribution in [0.1, 0.15) is 15.9 Å². The number of carbonyl (C=O) groups excluding carboxylic acids is 1. The van der Waals surface area contributed by atoms with Gasteiger partial charge in [0.1, 0.15) is 22.8 Å². The average molecular weight is 359 g/mol. The van der Waals surface area contributed by atoms with E-state index < -0.39 is 5.97 Å². The van der Waals surface area contributed by atoms with Crippen molar-refractivity contribution in [1.82, 2.24) is 0 Å². The summed E-state index contributed by atoms with van der Waals surface area (Å²) in [4.78, 5) is 12.4. The van der Waals surface area contributed by atoms with Crippen molar-refractivity contribution >= 4 is 5.97 Å². The first-order valence-corrected chi connectivity index (χ1v) is 8.19. The minimum Gasteiger partial charge on any atom is -0.497 e. The molecule has 0 aliphatic rings. The maximum absolute atomic E-state index is 12.4. The molecule has 0 aliphatic carbocycles. The number of nitriles is 1. The summed E-state index contributed by atoms with van der Waals surface area (Å²) in [5.41, 5.74) is 2.86. The molecule has 0 atom stereocenters. The van der Waals surface area contributed by atoms with E-state index in [4.69, 9.17) is 19.5 Å². The van der Waals surface area contributed by atoms with E-state index in [1.165, 1.54) is 7.11 Å². The number of esters is 1. The lowest BCUT2D eigenvalue weighted by Gasteiger charge is -2.10. The van der Waals surface area contributed by atoms with Crippen molar-refractivity contribution < 1.29 is 19.0 Å². The molecular formula is C22H17NO4. The van der Waals surface area contributed by atoms with Gasteiger partial charge in [-0.2, -0.15) is 5.26 Å². The molecule has 134 valence electrons. The zero-order chi connectivity index (χ0) is 19.2. The SMILES string of the molecule is COc1ccc(C(=O)Oc2ccc(-c3ccc(C#N)cc3)cc2)c(OC)c1. The first-order chi connectivity index (χ1) is 13.1. The summed E-state index contributed by atoms with van der Waals surface area (Å²) in [6, 6.07) is 21.4. The number of methoxy groups -OCH3 is 2. The zero-order valence-corrected chi connectivity index (χ0v) is 14.9. The van der Waals surface area contributed by atoms with E-state index in [0.29, 0.717) is 28.4 Å². The standard InChI is InChI=1S/C22H17NO4/c1-25-19-11-12-20(21(13-19)26-2)22(24)27-18-9-7-17(8-10-18)16-5-3-15(14-23)4-6-16/h3-13H,1-2H3. The monoisotopic (exact) mass is 359 g/mol. The summed E-state index contributed by atoms with van der Waals surface area (Å²) >= 11 is 0. The molecule has 0 fully saturated rings. The second-order valence-corrected chi connectivity index (χ2v) is 5.67. The molecule has 3 rings (SSSR count). The summed E-state index contributed by atoms with van der Waals surface area (Å²) in [6.45, 7) is 0. The molecular weight excluding hydrogens is 342 g/mol. The molecule has 0 aliphatic heterocycles. The van der Waals surface area contributed by atoms with Crippen molar-refractivity contribution in [1.29, 1.82) is 5.26 Å². The number of ether oxygens (including phenoxy) is 3. The topological polar surface area (TPSA) is 68.5 Å². The van der Waals surface area contributed by atoms with Gasteiger partial charge in [-0.1, -0.05) is 24.3 Å². The third-order valence-electron chi connectivity index (χ3n) is 4.04. The molecule has 0 heterocycles. The Kier molecular flexibility index (Phi) is 5.38. The average Bonchev–Trinajstić information content (AvgIpc) is 2.73. The lowest BCUT2D eigenvalue weighted by molar-refractivity contribution is 0.0731. The van der Waals surface area contributed by atoms with Gasteiger partial charge in [0, 0.05) is 6.07 Å². The van der Waals surface area contributed by atoms with E-state index in [2.05, 4.69) is 6.07 Å². The van der Waals surface area contributed by atoms with Crippen LogP contribution in [0.25, 0.3) is 11.1 Å². The zero-order valence-electron chi connectivity index (χ0n) is 14.9. The summed E-state index contributed by atoms with van der Waals surface area (Å²) < 4.78 is 15.8. The smallest absolute Gasteiger partial charge is 0.347 e. The van der Waals surface area contributed by atoms with E-state index in [1.807, 2.05) is 24.3 Å². The second kappa shape index (κ2) is 8.07. The molecule has 0 spiro atoms. The molecule has 0 unspecified atom stereocenters. The van der Waals surface area contributed by atoms with Crippen LogP contribution in [-0.2, 0) is 0 Å². The van der Waals surface area contributed by atoms with E-state index in [-0.39, 0.29) is 0 Å². The number of hydrogen-bond acceptors (Lipinski definition) is 5. The van der Waals surface area contributed by atoms with Crippen molar-refractivity contribution in [3.63, 3.8) is 0 Å². The van der Waals surface area contributed by atoms with Crippen molar-refractivity contribution in [3.05, 3.63) is 77.9 Å². The van der Waals surface area contributed by atoms with Crippen LogP contribution in [0.3, 0.4) is 0 Å². The Morgan fingerprint density at radius 2 is 1.41 bits per heavy atom. The number of rotatable bonds is 5. The fraction of sp³-hybridized carbons (Fsp3) is 0.0909. The summed E-state index contributed by atoms with van der Waals surface area (Å²) in [7, 11) is 3.03. The molecule has 5 heteroatoms. The predicted molar refractivity (Wildman–Crippen MR) is 101 cm³/mol. The number of carbonyl (C=O) groups is 1. The highest BCUT2D eigenvalue weighted by Gasteiger charge is 2.15. The lowest BCUT2D eigenvalue weighted by atomic mass is 10.0. The number of benzene rings is 3. The van der Waals surface area contributed by atoms with Gasteiger partial charge in [-0.05, 0) is 47.5 Å². The largest absolute Gasteiger partial charge is 0.497 e. The predicted octanol–water partition coefficient (Wildman–Crippen LogP) is 4.46. The van der Waals surface area contributed by atoms with Crippen LogP contribution >= 0.6 is 0 Å². The maximum atomic E-state index is 12.4. The minimum atomic E-state index is -0.513. The number of hydrogen-bond donors (Lipinski definition) is 0. The summed E-state index contributed by atoms with van der Waals surface area (Å²) in [5.74, 6) is 0.889. The van der Waals surface area contributed by atoms with Gasteiger partial charge >= 0.3 is 5.97 Å². The Balaban J connectivity index is 1.76. The highest BCUT2D eigenvalue weighted by Crippen LogP contribution is 2.27. The Morgan fingerprint density at radius 3 is 1.96 bits per heavy atom. The third-order valence-corrected chi connectivity index (χ3v) is 4.04. The van der Waals surface area contributed by atoms with Gasteiger partial charge in [0.2, 0.25) is 0 Å². The Labute approximate surface area is 157 Å². The minimum absolute atomic E-state index is 0.314. The van der Waals surface area contributed by atoms with Crippen LogP contribution in [0, 0.1) is 11.3 Å². The Bertz CT molecular complexity index is 986.